The first kappa shape index (κ1) is 26.9. The van der Waals surface area contributed by atoms with Gasteiger partial charge in [-0.2, -0.15) is 0 Å². The number of halogens is 2. The van der Waals surface area contributed by atoms with E-state index in [1.54, 1.807) is 65.6 Å². The van der Waals surface area contributed by atoms with Crippen LogP contribution in [-0.4, -0.2) is 34.7 Å². The molecule has 0 aliphatic carbocycles. The van der Waals surface area contributed by atoms with E-state index in [0.717, 1.165) is 11.1 Å². The van der Waals surface area contributed by atoms with Crippen LogP contribution >= 0.6 is 23.2 Å². The van der Waals surface area contributed by atoms with Crippen molar-refractivity contribution in [3.05, 3.63) is 134 Å². The van der Waals surface area contributed by atoms with Gasteiger partial charge in [-0.15, -0.1) is 0 Å². The third-order valence-corrected chi connectivity index (χ3v) is 8.10. The molecule has 41 heavy (non-hydrogen) atoms. The van der Waals surface area contributed by atoms with Gasteiger partial charge in [-0.3, -0.25) is 14.5 Å². The number of nitrogens with zero attached hydrogens (tertiary/aromatic N) is 3. The monoisotopic (exact) mass is 584 g/mol. The highest BCUT2D eigenvalue weighted by Crippen LogP contribution is 2.41. The van der Waals surface area contributed by atoms with Gasteiger partial charge in [0.1, 0.15) is 5.75 Å². The maximum Gasteiger partial charge on any atom is 0.266 e. The molecule has 0 spiro atoms. The first-order valence-electron chi connectivity index (χ1n) is 13.0. The lowest BCUT2D eigenvalue weighted by Crippen LogP contribution is -2.43. The van der Waals surface area contributed by atoms with Crippen molar-refractivity contribution in [2.75, 3.05) is 7.11 Å². The second-order valence-corrected chi connectivity index (χ2v) is 10.9. The lowest BCUT2D eigenvalue weighted by atomic mass is 9.83. The molecule has 0 unspecified atom stereocenters. The molecule has 2 heterocycles. The zero-order chi connectivity index (χ0) is 28.7. The van der Waals surface area contributed by atoms with Crippen molar-refractivity contribution >= 4 is 41.0 Å². The molecule has 0 fully saturated rings. The Morgan fingerprint density at radius 3 is 2.00 bits per heavy atom. The van der Waals surface area contributed by atoms with Gasteiger partial charge in [0.25, 0.3) is 11.8 Å². The number of nitrogens with two attached hydrogens (primary N) is 1. The van der Waals surface area contributed by atoms with Gasteiger partial charge in [0.2, 0.25) is 0 Å². The van der Waals surface area contributed by atoms with Crippen molar-refractivity contribution in [3.63, 3.8) is 0 Å². The van der Waals surface area contributed by atoms with Crippen molar-refractivity contribution in [3.8, 4) is 5.75 Å². The molecule has 0 radical (unpaired) electrons. The zero-order valence-electron chi connectivity index (χ0n) is 22.2. The number of methoxy groups -OCH3 is 1. The molecule has 0 aromatic heterocycles. The van der Waals surface area contributed by atoms with Gasteiger partial charge in [-0.1, -0.05) is 77.8 Å². The Hall–Kier alpha value is -4.33. The Morgan fingerprint density at radius 2 is 1.46 bits per heavy atom. The number of guanidine groups is 1. The van der Waals surface area contributed by atoms with Crippen LogP contribution < -0.4 is 10.5 Å². The molecule has 4 aromatic rings. The summed E-state index contributed by atoms with van der Waals surface area (Å²) in [4.78, 5) is 35.9. The molecule has 6 rings (SSSR count). The van der Waals surface area contributed by atoms with Crippen LogP contribution in [-0.2, 0) is 30.0 Å². The van der Waals surface area contributed by atoms with Crippen molar-refractivity contribution in [2.45, 2.75) is 25.2 Å². The Labute approximate surface area is 247 Å². The summed E-state index contributed by atoms with van der Waals surface area (Å²) in [6.07, 6.45) is 0. The highest BCUT2D eigenvalue weighted by molar-refractivity contribution is 6.31. The van der Waals surface area contributed by atoms with E-state index in [1.165, 1.54) is 12.0 Å². The molecule has 206 valence electrons. The first-order valence-corrected chi connectivity index (χ1v) is 13.8. The third-order valence-electron chi connectivity index (χ3n) is 7.60. The quantitative estimate of drug-likeness (QED) is 0.312. The Balaban J connectivity index is 1.33. The van der Waals surface area contributed by atoms with E-state index in [0.29, 0.717) is 51.1 Å². The van der Waals surface area contributed by atoms with Gasteiger partial charge in [0, 0.05) is 23.1 Å². The van der Waals surface area contributed by atoms with E-state index in [4.69, 9.17) is 38.7 Å². The summed E-state index contributed by atoms with van der Waals surface area (Å²) < 4.78 is 5.54. The van der Waals surface area contributed by atoms with Crippen molar-refractivity contribution in [1.29, 1.82) is 0 Å². The Bertz CT molecular complexity index is 1620. The summed E-state index contributed by atoms with van der Waals surface area (Å²) >= 11 is 12.3. The number of rotatable bonds is 6. The lowest BCUT2D eigenvalue weighted by Gasteiger charge is -2.27. The first-order chi connectivity index (χ1) is 19.8. The minimum atomic E-state index is -1.41. The van der Waals surface area contributed by atoms with Crippen LogP contribution in [0.1, 0.15) is 38.2 Å². The number of carbonyl (C=O) groups excluding carboxylic acids is 2. The number of benzene rings is 4. The molecule has 7 nitrogen and oxygen atoms in total. The van der Waals surface area contributed by atoms with Crippen LogP contribution in [0, 0.1) is 0 Å². The van der Waals surface area contributed by atoms with E-state index in [-0.39, 0.29) is 24.3 Å². The van der Waals surface area contributed by atoms with Gasteiger partial charge >= 0.3 is 0 Å². The molecule has 9 heteroatoms. The van der Waals surface area contributed by atoms with Crippen LogP contribution in [0.5, 0.6) is 5.75 Å². The topological polar surface area (TPSA) is 88.2 Å². The summed E-state index contributed by atoms with van der Waals surface area (Å²) in [7, 11) is 1.53. The Morgan fingerprint density at radius 1 is 0.902 bits per heavy atom. The standard InChI is InChI=1S/C32H26Cl2N4O3/c1-41-28-15-6-20(16-27(28)29(39)37-18-21-4-2-3-5-22(21)19-37)17-38-30(40)32(36-31(38)35,23-7-11-25(33)12-8-23)24-9-13-26(34)14-10-24/h2-16H,17-19H2,1H3,(H2,35,36). The van der Waals surface area contributed by atoms with Crippen LogP contribution in [0.25, 0.3) is 0 Å². The smallest absolute Gasteiger partial charge is 0.266 e. The molecule has 0 saturated heterocycles. The van der Waals surface area contributed by atoms with Crippen molar-refractivity contribution in [1.82, 2.24) is 9.80 Å². The minimum Gasteiger partial charge on any atom is -0.496 e. The largest absolute Gasteiger partial charge is 0.496 e. The second-order valence-electron chi connectivity index (χ2n) is 10.1. The summed E-state index contributed by atoms with van der Waals surface area (Å²) in [5.41, 5.74) is 9.65. The fraction of sp³-hybridized carbons (Fsp3) is 0.156. The van der Waals surface area contributed by atoms with E-state index in [2.05, 4.69) is 0 Å². The number of aliphatic imine (C=N–C) groups is 1. The number of ether oxygens (including phenoxy) is 1. The van der Waals surface area contributed by atoms with E-state index in [9.17, 15) is 9.59 Å². The molecule has 2 aliphatic rings. The summed E-state index contributed by atoms with van der Waals surface area (Å²) in [5, 5.41) is 1.08. The van der Waals surface area contributed by atoms with Crippen molar-refractivity contribution in [2.24, 2.45) is 10.7 Å². The molecule has 0 saturated carbocycles. The average Bonchev–Trinajstić information content (AvgIpc) is 3.53. The molecule has 2 amide bonds. The molecule has 2 N–H and O–H groups in total. The maximum atomic E-state index is 14.3. The number of hydrogen-bond acceptors (Lipinski definition) is 5. The number of carbonyl (C=O) groups is 2. The Kier molecular flexibility index (Phi) is 6.93. The van der Waals surface area contributed by atoms with Gasteiger partial charge in [0.15, 0.2) is 11.5 Å². The zero-order valence-corrected chi connectivity index (χ0v) is 23.7. The molecule has 0 atom stereocenters. The highest BCUT2D eigenvalue weighted by atomic mass is 35.5. The second kappa shape index (κ2) is 10.6. The van der Waals surface area contributed by atoms with Gasteiger partial charge in [0.05, 0.1) is 19.2 Å². The maximum absolute atomic E-state index is 14.3. The fourth-order valence-electron chi connectivity index (χ4n) is 5.51. The molecule has 0 bridgehead atoms. The fourth-order valence-corrected chi connectivity index (χ4v) is 5.76. The predicted molar refractivity (Wildman–Crippen MR) is 159 cm³/mol. The van der Waals surface area contributed by atoms with Gasteiger partial charge < -0.3 is 15.4 Å². The van der Waals surface area contributed by atoms with Crippen LogP contribution in [0.4, 0.5) is 0 Å². The average molecular weight is 585 g/mol. The van der Waals surface area contributed by atoms with Crippen LogP contribution in [0.3, 0.4) is 0 Å². The van der Waals surface area contributed by atoms with Crippen molar-refractivity contribution < 1.29 is 14.3 Å². The third kappa shape index (κ3) is 4.71. The van der Waals surface area contributed by atoms with E-state index < -0.39 is 5.54 Å². The lowest BCUT2D eigenvalue weighted by molar-refractivity contribution is -0.130. The highest BCUT2D eigenvalue weighted by Gasteiger charge is 2.50. The predicted octanol–water partition coefficient (Wildman–Crippen LogP) is 5.76. The molecular weight excluding hydrogens is 559 g/mol. The summed E-state index contributed by atoms with van der Waals surface area (Å²) in [5.74, 6) is 0.0589. The number of fused-ring (bicyclic) bond motifs is 1. The van der Waals surface area contributed by atoms with E-state index >= 15 is 0 Å². The van der Waals surface area contributed by atoms with Crippen LogP contribution in [0.15, 0.2) is 96.0 Å². The number of hydrogen-bond donors (Lipinski definition) is 1. The summed E-state index contributed by atoms with van der Waals surface area (Å²) in [6.45, 7) is 1.16. The van der Waals surface area contributed by atoms with Gasteiger partial charge in [-0.05, 0) is 64.2 Å². The molecular formula is C32H26Cl2N4O3. The summed E-state index contributed by atoms with van der Waals surface area (Å²) in [6, 6.07) is 27.3. The normalized spacial score (nSPS) is 15.6. The SMILES string of the molecule is COc1ccc(CN2C(=O)C(c3ccc(Cl)cc3)(c3ccc(Cl)cc3)N=C2N)cc1C(=O)N1Cc2ccccc2C1. The van der Waals surface area contributed by atoms with E-state index in [1.807, 2.05) is 30.3 Å². The minimum absolute atomic E-state index is 0.0681. The molecule has 4 aromatic carbocycles. The van der Waals surface area contributed by atoms with Crippen LogP contribution in [0.2, 0.25) is 10.0 Å². The molecule has 2 aliphatic heterocycles. The van der Waals surface area contributed by atoms with Gasteiger partial charge in [-0.25, -0.2) is 4.99 Å². The number of amides is 2.